The smallest absolute Gasteiger partial charge is 0.187 e. The number of ether oxygens (including phenoxy) is 4. The van der Waals surface area contributed by atoms with Crippen LogP contribution >= 0.6 is 0 Å². The second-order valence-corrected chi connectivity index (χ2v) is 8.96. The fourth-order valence-electron chi connectivity index (χ4n) is 4.51. The molecule has 3 fully saturated rings. The summed E-state index contributed by atoms with van der Waals surface area (Å²) in [6, 6.07) is -2.72. The lowest BCUT2D eigenvalue weighted by atomic mass is 9.84. The summed E-state index contributed by atoms with van der Waals surface area (Å²) in [6.45, 7) is 3.15. The normalized spacial score (nSPS) is 53.3. The summed E-state index contributed by atoms with van der Waals surface area (Å²) < 4.78 is 22.9. The lowest BCUT2D eigenvalue weighted by Gasteiger charge is -2.47. The molecule has 13 heteroatoms. The number of hydrogen-bond acceptors (Lipinski definition) is 13. The minimum atomic E-state index is -1.46. The van der Waals surface area contributed by atoms with Crippen LogP contribution in [0.25, 0.3) is 0 Å². The van der Waals surface area contributed by atoms with Crippen molar-refractivity contribution in [2.24, 2.45) is 17.2 Å². The van der Waals surface area contributed by atoms with Crippen molar-refractivity contribution in [3.63, 3.8) is 0 Å². The van der Waals surface area contributed by atoms with Crippen molar-refractivity contribution in [1.29, 1.82) is 0 Å². The molecule has 0 aromatic carbocycles. The van der Waals surface area contributed by atoms with E-state index in [4.69, 9.17) is 36.1 Å². The Morgan fingerprint density at radius 2 is 1.44 bits per heavy atom. The van der Waals surface area contributed by atoms with Crippen LogP contribution in [-0.4, -0.2) is 122 Å². The van der Waals surface area contributed by atoms with E-state index in [0.717, 1.165) is 0 Å². The van der Waals surface area contributed by atoms with Gasteiger partial charge in [0, 0.05) is 12.1 Å². The highest BCUT2D eigenvalue weighted by atomic mass is 16.7. The Bertz CT molecular complexity index is 618. The van der Waals surface area contributed by atoms with Crippen molar-refractivity contribution in [2.45, 2.75) is 118 Å². The van der Waals surface area contributed by atoms with Crippen LogP contribution in [0.4, 0.5) is 0 Å². The lowest BCUT2D eigenvalue weighted by molar-refractivity contribution is -0.315. The third kappa shape index (κ3) is 4.95. The number of hydrogen-bond donors (Lipinski definition) is 9. The van der Waals surface area contributed by atoms with E-state index < -0.39 is 91.7 Å². The largest absolute Gasteiger partial charge is 0.391 e. The quantitative estimate of drug-likeness (QED) is 0.178. The molecule has 15 atom stereocenters. The summed E-state index contributed by atoms with van der Waals surface area (Å²) in [6.07, 6.45) is -13.9. The van der Waals surface area contributed by atoms with Gasteiger partial charge in [0.1, 0.15) is 42.7 Å². The Morgan fingerprint density at radius 1 is 0.812 bits per heavy atom. The average Bonchev–Trinajstić information content (AvgIpc) is 3.01. The van der Waals surface area contributed by atoms with E-state index in [1.54, 1.807) is 6.92 Å². The molecule has 0 amide bonds. The molecule has 0 aromatic rings. The summed E-state index contributed by atoms with van der Waals surface area (Å²) in [5, 5.41) is 61.4. The predicted molar refractivity (Wildman–Crippen MR) is 108 cm³/mol. The summed E-state index contributed by atoms with van der Waals surface area (Å²) in [5.74, 6) is 0. The van der Waals surface area contributed by atoms with Gasteiger partial charge in [-0.25, -0.2) is 0 Å². The van der Waals surface area contributed by atoms with E-state index in [-0.39, 0.29) is 6.42 Å². The van der Waals surface area contributed by atoms with Gasteiger partial charge in [-0.3, -0.25) is 0 Å². The van der Waals surface area contributed by atoms with Crippen molar-refractivity contribution in [3.05, 3.63) is 0 Å². The summed E-state index contributed by atoms with van der Waals surface area (Å²) in [7, 11) is 0. The second-order valence-electron chi connectivity index (χ2n) is 8.96. The van der Waals surface area contributed by atoms with Crippen molar-refractivity contribution >= 4 is 0 Å². The lowest BCUT2D eigenvalue weighted by Crippen LogP contribution is -2.68. The van der Waals surface area contributed by atoms with Crippen LogP contribution in [0.5, 0.6) is 0 Å². The zero-order valence-corrected chi connectivity index (χ0v) is 18.1. The molecule has 188 valence electrons. The maximum Gasteiger partial charge on any atom is 0.187 e. The maximum atomic E-state index is 10.7. The predicted octanol–water partition coefficient (Wildman–Crippen LogP) is -4.81. The molecular weight excluding hydrogens is 430 g/mol. The maximum absolute atomic E-state index is 10.7. The highest BCUT2D eigenvalue weighted by Gasteiger charge is 2.52. The van der Waals surface area contributed by atoms with Gasteiger partial charge < -0.3 is 66.8 Å². The molecule has 0 aromatic heterocycles. The Hall–Kier alpha value is -0.520. The summed E-state index contributed by atoms with van der Waals surface area (Å²) in [5.41, 5.74) is 18.2. The molecule has 1 saturated carbocycles. The third-order valence-electron chi connectivity index (χ3n) is 6.53. The topological polar surface area (TPSA) is 236 Å². The van der Waals surface area contributed by atoms with E-state index >= 15 is 0 Å². The molecular formula is C19H37N3O10. The standard InChI is InChI=1S/C19H37N3O10/c1-3-8-11(25)14(28)19(29-8)32-17-10(24)6(20)4-7(21)16(17)31-18-9(22)12(26)13(27)15(30-18)5(2)23/h5-19,23-28H,3-4,20-22H2,1-2H3. The van der Waals surface area contributed by atoms with Crippen LogP contribution < -0.4 is 17.2 Å². The van der Waals surface area contributed by atoms with Gasteiger partial charge in [0.15, 0.2) is 12.6 Å². The zero-order chi connectivity index (χ0) is 23.9. The molecule has 2 heterocycles. The fourth-order valence-corrected chi connectivity index (χ4v) is 4.51. The first-order valence-corrected chi connectivity index (χ1v) is 10.9. The molecule has 13 nitrogen and oxygen atoms in total. The van der Waals surface area contributed by atoms with Crippen LogP contribution in [0, 0.1) is 0 Å². The Kier molecular flexibility index (Phi) is 8.48. The molecule has 3 aliphatic rings. The van der Waals surface area contributed by atoms with Crippen LogP contribution in [0.1, 0.15) is 26.7 Å². The fraction of sp³-hybridized carbons (Fsp3) is 1.00. The molecule has 12 N–H and O–H groups in total. The third-order valence-corrected chi connectivity index (χ3v) is 6.53. The highest BCUT2D eigenvalue weighted by Crippen LogP contribution is 2.32. The van der Waals surface area contributed by atoms with Gasteiger partial charge in [0.2, 0.25) is 0 Å². The van der Waals surface area contributed by atoms with Gasteiger partial charge in [-0.1, -0.05) is 6.92 Å². The minimum Gasteiger partial charge on any atom is -0.391 e. The molecule has 15 unspecified atom stereocenters. The molecule has 32 heavy (non-hydrogen) atoms. The number of aliphatic hydroxyl groups is 6. The molecule has 0 spiro atoms. The van der Waals surface area contributed by atoms with Crippen LogP contribution in [0.2, 0.25) is 0 Å². The van der Waals surface area contributed by atoms with Gasteiger partial charge in [-0.05, 0) is 19.8 Å². The van der Waals surface area contributed by atoms with Gasteiger partial charge >= 0.3 is 0 Å². The van der Waals surface area contributed by atoms with Gasteiger partial charge in [0.25, 0.3) is 0 Å². The number of nitrogens with two attached hydrogens (primary N) is 3. The van der Waals surface area contributed by atoms with Crippen LogP contribution in [0.3, 0.4) is 0 Å². The van der Waals surface area contributed by atoms with E-state index in [0.29, 0.717) is 6.42 Å². The monoisotopic (exact) mass is 467 g/mol. The van der Waals surface area contributed by atoms with Gasteiger partial charge in [0.05, 0.1) is 24.4 Å². The molecule has 3 rings (SSSR count). The van der Waals surface area contributed by atoms with Crippen LogP contribution in [-0.2, 0) is 18.9 Å². The average molecular weight is 468 g/mol. The molecule has 2 aliphatic heterocycles. The summed E-state index contributed by atoms with van der Waals surface area (Å²) in [4.78, 5) is 0. The molecule has 1 aliphatic carbocycles. The van der Waals surface area contributed by atoms with Gasteiger partial charge in [-0.2, -0.15) is 0 Å². The minimum absolute atomic E-state index is 0.160. The van der Waals surface area contributed by atoms with Gasteiger partial charge in [-0.15, -0.1) is 0 Å². The van der Waals surface area contributed by atoms with Crippen LogP contribution in [0.15, 0.2) is 0 Å². The number of rotatable bonds is 6. The zero-order valence-electron chi connectivity index (χ0n) is 18.1. The number of aliphatic hydroxyl groups excluding tert-OH is 6. The first kappa shape index (κ1) is 26.1. The highest BCUT2D eigenvalue weighted by molar-refractivity contribution is 5.01. The Balaban J connectivity index is 1.79. The molecule has 0 radical (unpaired) electrons. The Labute approximate surface area is 186 Å². The second kappa shape index (κ2) is 10.4. The molecule has 2 saturated heterocycles. The van der Waals surface area contributed by atoms with Crippen molar-refractivity contribution < 1.29 is 49.6 Å². The van der Waals surface area contributed by atoms with E-state index in [1.807, 2.05) is 0 Å². The van der Waals surface area contributed by atoms with E-state index in [9.17, 15) is 30.6 Å². The van der Waals surface area contributed by atoms with Crippen molar-refractivity contribution in [1.82, 2.24) is 0 Å². The van der Waals surface area contributed by atoms with Crippen molar-refractivity contribution in [3.8, 4) is 0 Å². The van der Waals surface area contributed by atoms with E-state index in [2.05, 4.69) is 0 Å². The van der Waals surface area contributed by atoms with E-state index in [1.165, 1.54) is 6.92 Å². The first-order valence-electron chi connectivity index (χ1n) is 10.9. The Morgan fingerprint density at radius 3 is 2.00 bits per heavy atom. The van der Waals surface area contributed by atoms with Crippen molar-refractivity contribution in [2.75, 3.05) is 0 Å². The summed E-state index contributed by atoms with van der Waals surface area (Å²) >= 11 is 0. The SMILES string of the molecule is CCC1OC(OC2C(O)C(N)CC(N)C2OC2OC(C(C)O)C(O)C(O)C2N)C(O)C1O. The molecule has 0 bridgehead atoms. The first-order chi connectivity index (χ1) is 15.0.